The van der Waals surface area contributed by atoms with Crippen molar-refractivity contribution in [3.05, 3.63) is 53.6 Å². The molecule has 2 aromatic carbocycles. The smallest absolute Gasteiger partial charge is 0.161 e. The zero-order valence-corrected chi connectivity index (χ0v) is 11.9. The predicted octanol–water partition coefficient (Wildman–Crippen LogP) is 2.89. The number of Topliss-reactive ketones (excluding diaryl/α,β-unsaturated/α-hetero) is 1. The molecule has 0 aliphatic carbocycles. The van der Waals surface area contributed by atoms with Crippen molar-refractivity contribution in [3.8, 4) is 5.75 Å². The van der Waals surface area contributed by atoms with E-state index in [1.165, 1.54) is 12.5 Å². The second kappa shape index (κ2) is 5.48. The van der Waals surface area contributed by atoms with Gasteiger partial charge in [0, 0.05) is 23.4 Å². The average Bonchev–Trinajstić information content (AvgIpc) is 2.87. The Labute approximate surface area is 123 Å². The molecule has 1 atom stereocenters. The van der Waals surface area contributed by atoms with Crippen molar-refractivity contribution >= 4 is 17.2 Å². The monoisotopic (exact) mass is 282 g/mol. The van der Waals surface area contributed by atoms with Crippen LogP contribution in [0, 0.1) is 0 Å². The molecule has 0 amide bonds. The minimum atomic E-state index is -0.0198. The molecule has 4 heteroatoms. The van der Waals surface area contributed by atoms with E-state index in [9.17, 15) is 4.79 Å². The maximum atomic E-state index is 11.3. The number of para-hydroxylation sites is 1. The average molecular weight is 282 g/mol. The van der Waals surface area contributed by atoms with E-state index in [4.69, 9.17) is 10.5 Å². The third-order valence-electron chi connectivity index (χ3n) is 3.68. The molecule has 1 heterocycles. The molecule has 0 aromatic heterocycles. The van der Waals surface area contributed by atoms with Crippen LogP contribution < -0.4 is 15.8 Å². The number of nitrogen functional groups attached to an aromatic ring is 1. The van der Waals surface area contributed by atoms with Gasteiger partial charge in [0.15, 0.2) is 5.78 Å². The quantitative estimate of drug-likeness (QED) is 0.668. The highest BCUT2D eigenvalue weighted by Gasteiger charge is 2.21. The van der Waals surface area contributed by atoms with Gasteiger partial charge in [-0.05, 0) is 36.8 Å². The Morgan fingerprint density at radius 2 is 2.14 bits per heavy atom. The first-order valence-electron chi connectivity index (χ1n) is 7.02. The summed E-state index contributed by atoms with van der Waals surface area (Å²) < 4.78 is 5.87. The van der Waals surface area contributed by atoms with Gasteiger partial charge < -0.3 is 15.8 Å². The van der Waals surface area contributed by atoms with Gasteiger partial charge in [-0.3, -0.25) is 4.79 Å². The van der Waals surface area contributed by atoms with Crippen LogP contribution >= 0.6 is 0 Å². The van der Waals surface area contributed by atoms with Crippen LogP contribution in [0.1, 0.15) is 22.8 Å². The second-order valence-electron chi connectivity index (χ2n) is 5.29. The number of rotatable bonds is 4. The van der Waals surface area contributed by atoms with Gasteiger partial charge in [-0.2, -0.15) is 0 Å². The van der Waals surface area contributed by atoms with Crippen LogP contribution in [0.3, 0.4) is 0 Å². The molecule has 4 nitrogen and oxygen atoms in total. The highest BCUT2D eigenvalue weighted by Crippen LogP contribution is 2.28. The molecule has 0 radical (unpaired) electrons. The Bertz CT molecular complexity index is 657. The molecule has 0 saturated carbocycles. The zero-order valence-electron chi connectivity index (χ0n) is 11.9. The fraction of sp³-hybridized carbons (Fsp3) is 0.235. The van der Waals surface area contributed by atoms with Crippen molar-refractivity contribution in [1.82, 2.24) is 0 Å². The molecule has 2 aromatic rings. The van der Waals surface area contributed by atoms with Gasteiger partial charge in [0.25, 0.3) is 0 Å². The summed E-state index contributed by atoms with van der Waals surface area (Å²) in [5.74, 6) is 0.948. The summed E-state index contributed by atoms with van der Waals surface area (Å²) in [4.78, 5) is 11.3. The zero-order chi connectivity index (χ0) is 14.8. The first-order valence-corrected chi connectivity index (χ1v) is 7.02. The number of ketones is 1. The summed E-state index contributed by atoms with van der Waals surface area (Å²) in [5, 5.41) is 3.31. The highest BCUT2D eigenvalue weighted by molar-refractivity contribution is 5.99. The molecule has 3 rings (SSSR count). The number of carbonyl (C=O) groups is 1. The minimum Gasteiger partial charge on any atom is -0.488 e. The molecule has 108 valence electrons. The number of benzene rings is 2. The van der Waals surface area contributed by atoms with Gasteiger partial charge in [0.1, 0.15) is 11.9 Å². The van der Waals surface area contributed by atoms with Gasteiger partial charge in [-0.25, -0.2) is 0 Å². The lowest BCUT2D eigenvalue weighted by Gasteiger charge is -2.14. The van der Waals surface area contributed by atoms with Crippen LogP contribution in [0.5, 0.6) is 5.75 Å². The van der Waals surface area contributed by atoms with E-state index in [-0.39, 0.29) is 11.9 Å². The fourth-order valence-corrected chi connectivity index (χ4v) is 2.59. The number of nitrogens with two attached hydrogens (primary N) is 1. The summed E-state index contributed by atoms with van der Waals surface area (Å²) in [6.45, 7) is 2.22. The molecule has 1 aliphatic heterocycles. The Morgan fingerprint density at radius 3 is 2.86 bits per heavy atom. The second-order valence-corrected chi connectivity index (χ2v) is 5.29. The first-order chi connectivity index (χ1) is 10.1. The maximum Gasteiger partial charge on any atom is 0.161 e. The lowest BCUT2D eigenvalue weighted by atomic mass is 10.1. The third-order valence-corrected chi connectivity index (χ3v) is 3.68. The number of nitrogens with one attached hydrogen (secondary N) is 1. The van der Waals surface area contributed by atoms with E-state index in [2.05, 4.69) is 11.4 Å². The summed E-state index contributed by atoms with van der Waals surface area (Å²) in [7, 11) is 0. The normalized spacial score (nSPS) is 16.1. The van der Waals surface area contributed by atoms with E-state index < -0.39 is 0 Å². The molecule has 1 aliphatic rings. The summed E-state index contributed by atoms with van der Waals surface area (Å²) in [5.41, 5.74) is 9.09. The van der Waals surface area contributed by atoms with Gasteiger partial charge in [0.2, 0.25) is 0 Å². The van der Waals surface area contributed by atoms with Crippen molar-refractivity contribution in [1.29, 1.82) is 0 Å². The van der Waals surface area contributed by atoms with E-state index in [1.807, 2.05) is 24.3 Å². The first kappa shape index (κ1) is 13.5. The van der Waals surface area contributed by atoms with Crippen molar-refractivity contribution in [3.63, 3.8) is 0 Å². The van der Waals surface area contributed by atoms with E-state index in [0.717, 1.165) is 17.9 Å². The van der Waals surface area contributed by atoms with Crippen molar-refractivity contribution in [2.45, 2.75) is 19.4 Å². The van der Waals surface area contributed by atoms with Crippen molar-refractivity contribution < 1.29 is 9.53 Å². The third kappa shape index (κ3) is 2.84. The Kier molecular flexibility index (Phi) is 3.52. The van der Waals surface area contributed by atoms with E-state index >= 15 is 0 Å². The summed E-state index contributed by atoms with van der Waals surface area (Å²) >= 11 is 0. The molecule has 21 heavy (non-hydrogen) atoms. The molecule has 0 saturated heterocycles. The lowest BCUT2D eigenvalue weighted by molar-refractivity contribution is 0.101. The molecule has 3 N–H and O–H groups in total. The maximum absolute atomic E-state index is 11.3. The Balaban J connectivity index is 1.62. The lowest BCUT2D eigenvalue weighted by Crippen LogP contribution is -2.24. The van der Waals surface area contributed by atoms with Crippen LogP contribution in [-0.2, 0) is 6.42 Å². The SMILES string of the molecule is CC(=O)c1ccc(NCC2Cc3ccccc3O2)cc1N. The standard InChI is InChI=1S/C17H18N2O2/c1-11(20)15-7-6-13(9-16(15)18)19-10-14-8-12-4-2-3-5-17(12)21-14/h2-7,9,14,19H,8,10,18H2,1H3. The summed E-state index contributed by atoms with van der Waals surface area (Å²) in [6.07, 6.45) is 1.03. The molecule has 0 fully saturated rings. The Hall–Kier alpha value is -2.49. The van der Waals surface area contributed by atoms with Crippen LogP contribution in [0.25, 0.3) is 0 Å². The van der Waals surface area contributed by atoms with Crippen molar-refractivity contribution in [2.24, 2.45) is 0 Å². The topological polar surface area (TPSA) is 64.3 Å². The van der Waals surface area contributed by atoms with Gasteiger partial charge in [-0.1, -0.05) is 18.2 Å². The van der Waals surface area contributed by atoms with Crippen LogP contribution in [0.4, 0.5) is 11.4 Å². The minimum absolute atomic E-state index is 0.0198. The molecule has 0 bridgehead atoms. The number of hydrogen-bond donors (Lipinski definition) is 2. The van der Waals surface area contributed by atoms with Gasteiger partial charge in [-0.15, -0.1) is 0 Å². The van der Waals surface area contributed by atoms with Gasteiger partial charge >= 0.3 is 0 Å². The van der Waals surface area contributed by atoms with Crippen LogP contribution in [0.2, 0.25) is 0 Å². The van der Waals surface area contributed by atoms with E-state index in [0.29, 0.717) is 17.8 Å². The van der Waals surface area contributed by atoms with E-state index in [1.54, 1.807) is 12.1 Å². The van der Waals surface area contributed by atoms with Gasteiger partial charge in [0.05, 0.1) is 6.54 Å². The molecular weight excluding hydrogens is 264 g/mol. The molecule has 1 unspecified atom stereocenters. The summed E-state index contributed by atoms with van der Waals surface area (Å²) in [6, 6.07) is 13.5. The fourth-order valence-electron chi connectivity index (χ4n) is 2.59. The largest absolute Gasteiger partial charge is 0.488 e. The Morgan fingerprint density at radius 1 is 1.33 bits per heavy atom. The highest BCUT2D eigenvalue weighted by atomic mass is 16.5. The number of carbonyl (C=O) groups excluding carboxylic acids is 1. The van der Waals surface area contributed by atoms with Crippen LogP contribution in [0.15, 0.2) is 42.5 Å². The van der Waals surface area contributed by atoms with Crippen molar-refractivity contribution in [2.75, 3.05) is 17.6 Å². The molecule has 0 spiro atoms. The number of hydrogen-bond acceptors (Lipinski definition) is 4. The number of anilines is 2. The number of ether oxygens (including phenoxy) is 1. The number of fused-ring (bicyclic) bond motifs is 1. The van der Waals surface area contributed by atoms with Crippen LogP contribution in [-0.4, -0.2) is 18.4 Å². The predicted molar refractivity (Wildman–Crippen MR) is 83.9 cm³/mol. The molecular formula is C17H18N2O2.